The summed E-state index contributed by atoms with van der Waals surface area (Å²) in [6.45, 7) is 0. The van der Waals surface area contributed by atoms with Crippen LogP contribution in [0.2, 0.25) is 0 Å². The molecule has 11 nitrogen and oxygen atoms in total. The summed E-state index contributed by atoms with van der Waals surface area (Å²) < 4.78 is 42.3. The standard InChI is InChI=1S/C23H15F3N10O/c24-23(25,26)15-7-17-14(21(37)36-34-17)6-13(15)19-29-18(10-5-11(27)9-28-8-10)30-22(31-19)32-20-12-3-1-2-4-16(12)33-35-20/h1-9H,27H2,(H2,34,36,37)(H2,29,30,31,32,33,35). The number of anilines is 3. The molecule has 0 aliphatic carbocycles. The Labute approximate surface area is 204 Å². The molecule has 37 heavy (non-hydrogen) atoms. The van der Waals surface area contributed by atoms with E-state index in [1.165, 1.54) is 18.5 Å². The number of fused-ring (bicyclic) bond motifs is 2. The summed E-state index contributed by atoms with van der Waals surface area (Å²) in [5, 5.41) is 15.5. The van der Waals surface area contributed by atoms with Crippen LogP contribution in [0.15, 0.2) is 59.7 Å². The Kier molecular flexibility index (Phi) is 4.89. The fraction of sp³-hybridized carbons (Fsp3) is 0.0435. The summed E-state index contributed by atoms with van der Waals surface area (Å²) >= 11 is 0. The number of hydrogen-bond acceptors (Lipinski definition) is 8. The predicted molar refractivity (Wildman–Crippen MR) is 130 cm³/mol. The molecule has 0 aliphatic heterocycles. The molecular weight excluding hydrogens is 489 g/mol. The third-order valence-corrected chi connectivity index (χ3v) is 5.61. The monoisotopic (exact) mass is 504 g/mol. The molecule has 0 atom stereocenters. The second-order valence-electron chi connectivity index (χ2n) is 8.08. The summed E-state index contributed by atoms with van der Waals surface area (Å²) in [5.74, 6) is -0.0122. The fourth-order valence-corrected chi connectivity index (χ4v) is 3.93. The molecule has 4 aromatic heterocycles. The third-order valence-electron chi connectivity index (χ3n) is 5.61. The first-order valence-electron chi connectivity index (χ1n) is 10.8. The molecule has 0 unspecified atom stereocenters. The molecule has 2 aromatic carbocycles. The van der Waals surface area contributed by atoms with E-state index in [-0.39, 0.29) is 28.5 Å². The Morgan fingerprint density at radius 3 is 2.51 bits per heavy atom. The number of nitrogens with zero attached hydrogens (tertiary/aromatic N) is 5. The van der Waals surface area contributed by atoms with Crippen LogP contribution in [0.25, 0.3) is 44.6 Å². The number of halogens is 3. The zero-order valence-corrected chi connectivity index (χ0v) is 18.6. The predicted octanol–water partition coefficient (Wildman–Crippen LogP) is 3.99. The molecule has 6 rings (SSSR count). The second kappa shape index (κ2) is 8.15. The maximum Gasteiger partial charge on any atom is 0.417 e. The first-order valence-corrected chi connectivity index (χ1v) is 10.8. The molecule has 0 aliphatic rings. The molecule has 0 radical (unpaired) electrons. The van der Waals surface area contributed by atoms with Gasteiger partial charge in [-0.25, -0.2) is 4.98 Å². The molecule has 14 heteroatoms. The summed E-state index contributed by atoms with van der Waals surface area (Å²) in [4.78, 5) is 29.1. The van der Waals surface area contributed by atoms with Crippen LogP contribution in [-0.4, -0.2) is 40.3 Å². The molecule has 6 N–H and O–H groups in total. The van der Waals surface area contributed by atoms with Crippen LogP contribution in [-0.2, 0) is 6.18 Å². The van der Waals surface area contributed by atoms with Crippen molar-refractivity contribution in [3.63, 3.8) is 0 Å². The lowest BCUT2D eigenvalue weighted by Gasteiger charge is -2.14. The van der Waals surface area contributed by atoms with Gasteiger partial charge < -0.3 is 11.1 Å². The van der Waals surface area contributed by atoms with Crippen LogP contribution in [0.4, 0.5) is 30.6 Å². The molecule has 0 bridgehead atoms. The zero-order chi connectivity index (χ0) is 25.7. The van der Waals surface area contributed by atoms with Gasteiger partial charge in [-0.1, -0.05) is 12.1 Å². The molecule has 0 amide bonds. The number of H-pyrrole nitrogens is 3. The van der Waals surface area contributed by atoms with Crippen molar-refractivity contribution in [2.24, 2.45) is 0 Å². The Morgan fingerprint density at radius 1 is 0.892 bits per heavy atom. The number of rotatable bonds is 4. The molecule has 0 fully saturated rings. The van der Waals surface area contributed by atoms with Gasteiger partial charge in [0.25, 0.3) is 5.56 Å². The average Bonchev–Trinajstić information content (AvgIpc) is 3.46. The highest BCUT2D eigenvalue weighted by Gasteiger charge is 2.35. The van der Waals surface area contributed by atoms with Crippen molar-refractivity contribution in [1.29, 1.82) is 0 Å². The van der Waals surface area contributed by atoms with Gasteiger partial charge >= 0.3 is 6.18 Å². The van der Waals surface area contributed by atoms with E-state index >= 15 is 0 Å². The lowest BCUT2D eigenvalue weighted by molar-refractivity contribution is -0.137. The Morgan fingerprint density at radius 2 is 1.70 bits per heavy atom. The van der Waals surface area contributed by atoms with Crippen molar-refractivity contribution in [1.82, 2.24) is 40.3 Å². The van der Waals surface area contributed by atoms with E-state index in [4.69, 9.17) is 5.73 Å². The highest BCUT2D eigenvalue weighted by atomic mass is 19.4. The number of aromatic nitrogens is 8. The van der Waals surface area contributed by atoms with Gasteiger partial charge in [-0.05, 0) is 30.3 Å². The largest absolute Gasteiger partial charge is 0.417 e. The van der Waals surface area contributed by atoms with Crippen molar-refractivity contribution >= 4 is 39.3 Å². The lowest BCUT2D eigenvalue weighted by Crippen LogP contribution is -2.11. The van der Waals surface area contributed by atoms with Crippen LogP contribution in [0.3, 0.4) is 0 Å². The van der Waals surface area contributed by atoms with E-state index < -0.39 is 22.9 Å². The highest BCUT2D eigenvalue weighted by Crippen LogP contribution is 2.38. The van der Waals surface area contributed by atoms with E-state index in [2.05, 4.69) is 45.6 Å². The second-order valence-corrected chi connectivity index (χ2v) is 8.08. The summed E-state index contributed by atoms with van der Waals surface area (Å²) in [5.41, 5.74) is 5.22. The number of hydrogen-bond donors (Lipinski definition) is 5. The van der Waals surface area contributed by atoms with E-state index in [0.29, 0.717) is 22.5 Å². The molecule has 0 saturated heterocycles. The molecule has 6 aromatic rings. The number of alkyl halides is 3. The van der Waals surface area contributed by atoms with E-state index in [9.17, 15) is 18.0 Å². The average molecular weight is 504 g/mol. The topological polar surface area (TPSA) is 167 Å². The number of nitrogens with one attached hydrogen (secondary N) is 4. The van der Waals surface area contributed by atoms with E-state index in [1.54, 1.807) is 6.07 Å². The smallest absolute Gasteiger partial charge is 0.397 e. The molecule has 0 spiro atoms. The number of nitrogens with two attached hydrogens (primary N) is 1. The fourth-order valence-electron chi connectivity index (χ4n) is 3.93. The van der Waals surface area contributed by atoms with Gasteiger partial charge in [0.1, 0.15) is 0 Å². The maximum absolute atomic E-state index is 14.1. The first-order chi connectivity index (χ1) is 17.8. The third kappa shape index (κ3) is 3.99. The Hall–Kier alpha value is -5.27. The molecule has 184 valence electrons. The first kappa shape index (κ1) is 22.2. The van der Waals surface area contributed by atoms with Crippen LogP contribution >= 0.6 is 0 Å². The van der Waals surface area contributed by atoms with Crippen LogP contribution in [0.5, 0.6) is 0 Å². The summed E-state index contributed by atoms with van der Waals surface area (Å²) in [6, 6.07) is 10.7. The van der Waals surface area contributed by atoms with Crippen LogP contribution in [0, 0.1) is 0 Å². The van der Waals surface area contributed by atoms with E-state index in [1.807, 2.05) is 18.2 Å². The normalized spacial score (nSPS) is 11.9. The number of nitrogen functional groups attached to an aromatic ring is 1. The SMILES string of the molecule is Nc1cncc(-c2nc(Nc3n[nH]c4ccccc34)nc(-c3cc4c(=O)[nH][nH]c4cc3C(F)(F)F)n2)c1. The van der Waals surface area contributed by atoms with Gasteiger partial charge in [0.15, 0.2) is 17.5 Å². The van der Waals surface area contributed by atoms with Gasteiger partial charge in [-0.2, -0.15) is 28.2 Å². The zero-order valence-electron chi connectivity index (χ0n) is 18.6. The Balaban J connectivity index is 1.58. The minimum absolute atomic E-state index is 0.00303. The summed E-state index contributed by atoms with van der Waals surface area (Å²) in [7, 11) is 0. The van der Waals surface area contributed by atoms with Crippen molar-refractivity contribution in [3.05, 3.63) is 70.8 Å². The number of para-hydroxylation sites is 1. The highest BCUT2D eigenvalue weighted by molar-refractivity contribution is 5.91. The van der Waals surface area contributed by atoms with Crippen LogP contribution < -0.4 is 16.6 Å². The number of pyridine rings is 1. The molecule has 4 heterocycles. The lowest BCUT2D eigenvalue weighted by atomic mass is 10.0. The molecule has 0 saturated carbocycles. The van der Waals surface area contributed by atoms with Crippen molar-refractivity contribution in [2.45, 2.75) is 6.18 Å². The van der Waals surface area contributed by atoms with Crippen molar-refractivity contribution < 1.29 is 13.2 Å². The van der Waals surface area contributed by atoms with Crippen molar-refractivity contribution in [2.75, 3.05) is 11.1 Å². The minimum Gasteiger partial charge on any atom is -0.397 e. The number of aromatic amines is 3. The Bertz CT molecular complexity index is 1850. The molecular formula is C23H15F3N10O. The minimum atomic E-state index is -4.77. The van der Waals surface area contributed by atoms with Gasteiger partial charge in [0, 0.05) is 28.9 Å². The van der Waals surface area contributed by atoms with Gasteiger partial charge in [0.2, 0.25) is 5.95 Å². The van der Waals surface area contributed by atoms with Gasteiger partial charge in [-0.3, -0.25) is 25.1 Å². The summed E-state index contributed by atoms with van der Waals surface area (Å²) in [6.07, 6.45) is -1.93. The number of benzene rings is 2. The maximum atomic E-state index is 14.1. The van der Waals surface area contributed by atoms with Crippen molar-refractivity contribution in [3.8, 4) is 22.8 Å². The van der Waals surface area contributed by atoms with Gasteiger partial charge in [0.05, 0.1) is 27.7 Å². The van der Waals surface area contributed by atoms with E-state index in [0.717, 1.165) is 17.6 Å². The van der Waals surface area contributed by atoms with Crippen LogP contribution in [0.1, 0.15) is 5.56 Å². The quantitative estimate of drug-likeness (QED) is 0.240. The van der Waals surface area contributed by atoms with Gasteiger partial charge in [-0.15, -0.1) is 0 Å².